The molecule has 160 valence electrons. The van der Waals surface area contributed by atoms with Crippen LogP contribution in [0.25, 0.3) is 0 Å². The molecule has 2 aromatic carbocycles. The van der Waals surface area contributed by atoms with E-state index in [1.165, 1.54) is 0 Å². The molecule has 0 aliphatic rings. The zero-order valence-corrected chi connectivity index (χ0v) is 17.8. The van der Waals surface area contributed by atoms with Crippen LogP contribution in [0.2, 0.25) is 0 Å². The molecule has 0 aliphatic carbocycles. The predicted molar refractivity (Wildman–Crippen MR) is 121 cm³/mol. The van der Waals surface area contributed by atoms with Crippen molar-refractivity contribution in [3.05, 3.63) is 84.1 Å². The lowest BCUT2D eigenvalue weighted by molar-refractivity contribution is -0.123. The third-order valence-corrected chi connectivity index (χ3v) is 4.71. The van der Waals surface area contributed by atoms with Crippen molar-refractivity contribution in [2.75, 3.05) is 31.3 Å². The average Bonchev–Trinajstić information content (AvgIpc) is 2.75. The number of anilines is 2. The first-order valence-corrected chi connectivity index (χ1v) is 9.90. The van der Waals surface area contributed by atoms with E-state index in [4.69, 9.17) is 4.74 Å². The van der Waals surface area contributed by atoms with E-state index >= 15 is 0 Å². The van der Waals surface area contributed by atoms with Gasteiger partial charge in [0, 0.05) is 11.4 Å². The van der Waals surface area contributed by atoms with E-state index < -0.39 is 6.04 Å². The molecule has 0 spiro atoms. The molecule has 3 rings (SSSR count). The van der Waals surface area contributed by atoms with E-state index in [-0.39, 0.29) is 18.4 Å². The van der Waals surface area contributed by atoms with E-state index in [0.29, 0.717) is 17.3 Å². The van der Waals surface area contributed by atoms with Gasteiger partial charge in [0.25, 0.3) is 0 Å². The van der Waals surface area contributed by atoms with Crippen LogP contribution in [0.5, 0.6) is 5.75 Å². The molecule has 2 amide bonds. The van der Waals surface area contributed by atoms with Gasteiger partial charge in [0.05, 0.1) is 13.7 Å². The largest absolute Gasteiger partial charge is 0.497 e. The summed E-state index contributed by atoms with van der Waals surface area (Å²) in [6.07, 6.45) is 0. The maximum atomic E-state index is 13.2. The lowest BCUT2D eigenvalue weighted by atomic mass is 10.0. The standard InChI is InChI=1S/C24H26N4O3/c1-17-8-7-11-21(25-17)27-22(29)16-28(2)23(18-9-5-4-6-10-18)24(30)26-19-12-14-20(31-3)15-13-19/h4-15,23H,16H2,1-3H3,(H,26,30)(H,25,27,29). The Morgan fingerprint density at radius 3 is 2.32 bits per heavy atom. The number of ether oxygens (including phenoxy) is 1. The molecule has 31 heavy (non-hydrogen) atoms. The average molecular weight is 418 g/mol. The second-order valence-corrected chi connectivity index (χ2v) is 7.16. The fraction of sp³-hybridized carbons (Fsp3) is 0.208. The number of benzene rings is 2. The van der Waals surface area contributed by atoms with Gasteiger partial charge in [0.15, 0.2) is 0 Å². The third kappa shape index (κ3) is 6.13. The number of amides is 2. The number of nitrogens with one attached hydrogen (secondary N) is 2. The van der Waals surface area contributed by atoms with E-state index in [0.717, 1.165) is 11.3 Å². The number of hydrogen-bond acceptors (Lipinski definition) is 5. The van der Waals surface area contributed by atoms with Gasteiger partial charge in [-0.25, -0.2) is 4.98 Å². The van der Waals surface area contributed by atoms with Crippen LogP contribution < -0.4 is 15.4 Å². The van der Waals surface area contributed by atoms with Crippen LogP contribution in [0.15, 0.2) is 72.8 Å². The lowest BCUT2D eigenvalue weighted by Crippen LogP contribution is -2.39. The van der Waals surface area contributed by atoms with Crippen LogP contribution >= 0.6 is 0 Å². The first-order valence-electron chi connectivity index (χ1n) is 9.90. The van der Waals surface area contributed by atoms with Crippen molar-refractivity contribution in [3.63, 3.8) is 0 Å². The summed E-state index contributed by atoms with van der Waals surface area (Å²) in [4.78, 5) is 31.7. The molecule has 2 N–H and O–H groups in total. The number of aryl methyl sites for hydroxylation is 1. The summed E-state index contributed by atoms with van der Waals surface area (Å²) >= 11 is 0. The summed E-state index contributed by atoms with van der Waals surface area (Å²) in [7, 11) is 3.33. The fourth-order valence-electron chi connectivity index (χ4n) is 3.24. The Morgan fingerprint density at radius 1 is 0.968 bits per heavy atom. The summed E-state index contributed by atoms with van der Waals surface area (Å²) in [5, 5.41) is 5.71. The van der Waals surface area contributed by atoms with Crippen molar-refractivity contribution in [2.24, 2.45) is 0 Å². The Hall–Kier alpha value is -3.71. The van der Waals surface area contributed by atoms with Gasteiger partial charge in [0.2, 0.25) is 11.8 Å². The van der Waals surface area contributed by atoms with Gasteiger partial charge in [0.1, 0.15) is 17.6 Å². The van der Waals surface area contributed by atoms with E-state index in [1.54, 1.807) is 49.4 Å². The van der Waals surface area contributed by atoms with Crippen LogP contribution in [-0.2, 0) is 9.59 Å². The molecule has 0 saturated carbocycles. The van der Waals surface area contributed by atoms with Crippen LogP contribution in [0.1, 0.15) is 17.3 Å². The van der Waals surface area contributed by atoms with Crippen molar-refractivity contribution >= 4 is 23.3 Å². The molecule has 1 unspecified atom stereocenters. The van der Waals surface area contributed by atoms with Crippen molar-refractivity contribution in [2.45, 2.75) is 13.0 Å². The first kappa shape index (κ1) is 22.0. The summed E-state index contributed by atoms with van der Waals surface area (Å²) < 4.78 is 5.16. The molecule has 0 aliphatic heterocycles. The summed E-state index contributed by atoms with van der Waals surface area (Å²) in [5.74, 6) is 0.702. The number of likely N-dealkylation sites (N-methyl/N-ethyl adjacent to an activating group) is 1. The molecule has 1 aromatic heterocycles. The highest BCUT2D eigenvalue weighted by Crippen LogP contribution is 2.23. The van der Waals surface area contributed by atoms with Crippen LogP contribution in [-0.4, -0.2) is 42.4 Å². The molecule has 7 heteroatoms. The molecule has 1 heterocycles. The lowest BCUT2D eigenvalue weighted by Gasteiger charge is -2.27. The minimum atomic E-state index is -0.653. The minimum Gasteiger partial charge on any atom is -0.497 e. The number of aromatic nitrogens is 1. The van der Waals surface area contributed by atoms with Gasteiger partial charge >= 0.3 is 0 Å². The maximum absolute atomic E-state index is 13.2. The van der Waals surface area contributed by atoms with E-state index in [1.807, 2.05) is 49.4 Å². The van der Waals surface area contributed by atoms with Gasteiger partial charge in [-0.15, -0.1) is 0 Å². The van der Waals surface area contributed by atoms with Gasteiger partial charge in [-0.3, -0.25) is 14.5 Å². The zero-order chi connectivity index (χ0) is 22.2. The zero-order valence-electron chi connectivity index (χ0n) is 17.8. The van der Waals surface area contributed by atoms with Gasteiger partial charge in [-0.2, -0.15) is 0 Å². The summed E-state index contributed by atoms with van der Waals surface area (Å²) in [6, 6.07) is 21.2. The number of carbonyl (C=O) groups excluding carboxylic acids is 2. The van der Waals surface area contributed by atoms with E-state index in [2.05, 4.69) is 15.6 Å². The summed E-state index contributed by atoms with van der Waals surface area (Å²) in [5.41, 5.74) is 2.25. The van der Waals surface area contributed by atoms with E-state index in [9.17, 15) is 9.59 Å². The fourth-order valence-corrected chi connectivity index (χ4v) is 3.24. The number of methoxy groups -OCH3 is 1. The Labute approximate surface area is 182 Å². The topological polar surface area (TPSA) is 83.6 Å². The van der Waals surface area contributed by atoms with Crippen LogP contribution in [0, 0.1) is 6.92 Å². The summed E-state index contributed by atoms with van der Waals surface area (Å²) in [6.45, 7) is 1.88. The molecule has 7 nitrogen and oxygen atoms in total. The van der Waals surface area contributed by atoms with Crippen molar-refractivity contribution < 1.29 is 14.3 Å². The Bertz CT molecular complexity index is 1020. The highest BCUT2D eigenvalue weighted by atomic mass is 16.5. The van der Waals surface area contributed by atoms with Gasteiger partial charge in [-0.1, -0.05) is 36.4 Å². The normalized spacial score (nSPS) is 11.6. The van der Waals surface area contributed by atoms with Gasteiger partial charge < -0.3 is 15.4 Å². The number of pyridine rings is 1. The molecule has 3 aromatic rings. The smallest absolute Gasteiger partial charge is 0.246 e. The molecular formula is C24H26N4O3. The SMILES string of the molecule is COc1ccc(NC(=O)C(c2ccccc2)N(C)CC(=O)Nc2cccc(C)n2)cc1. The quantitative estimate of drug-likeness (QED) is 0.583. The third-order valence-electron chi connectivity index (χ3n) is 4.71. The molecule has 0 bridgehead atoms. The van der Waals surface area contributed by atoms with Crippen LogP contribution in [0.3, 0.4) is 0 Å². The second-order valence-electron chi connectivity index (χ2n) is 7.16. The molecule has 0 saturated heterocycles. The highest BCUT2D eigenvalue weighted by Gasteiger charge is 2.26. The highest BCUT2D eigenvalue weighted by molar-refractivity contribution is 5.96. The van der Waals surface area contributed by atoms with Crippen molar-refractivity contribution in [3.8, 4) is 5.75 Å². The van der Waals surface area contributed by atoms with Crippen molar-refractivity contribution in [1.82, 2.24) is 9.88 Å². The van der Waals surface area contributed by atoms with Gasteiger partial charge in [-0.05, 0) is 55.9 Å². The van der Waals surface area contributed by atoms with Crippen molar-refractivity contribution in [1.29, 1.82) is 0 Å². The number of nitrogens with zero attached hydrogens (tertiary/aromatic N) is 2. The number of hydrogen-bond donors (Lipinski definition) is 2. The Balaban J connectivity index is 1.74. The molecule has 0 radical (unpaired) electrons. The second kappa shape index (κ2) is 10.4. The first-order chi connectivity index (χ1) is 15.0. The monoisotopic (exact) mass is 418 g/mol. The minimum absolute atomic E-state index is 0.0191. The maximum Gasteiger partial charge on any atom is 0.246 e. The predicted octanol–water partition coefficient (Wildman–Crippen LogP) is 3.65. The number of rotatable bonds is 8. The number of carbonyl (C=O) groups is 2. The van der Waals surface area contributed by atoms with Crippen LogP contribution in [0.4, 0.5) is 11.5 Å². The molecule has 0 fully saturated rings. The Morgan fingerprint density at radius 2 is 1.68 bits per heavy atom. The molecule has 1 atom stereocenters. The molecular weight excluding hydrogens is 392 g/mol. The Kier molecular flexibility index (Phi) is 7.35.